The summed E-state index contributed by atoms with van der Waals surface area (Å²) in [5, 5.41) is 12.5. The van der Waals surface area contributed by atoms with Crippen molar-refractivity contribution < 1.29 is 19.4 Å². The first-order valence-electron chi connectivity index (χ1n) is 6.07. The van der Waals surface area contributed by atoms with E-state index in [-0.39, 0.29) is 11.5 Å². The zero-order valence-corrected chi connectivity index (χ0v) is 12.0. The second-order valence-electron chi connectivity index (χ2n) is 5.52. The molecule has 2 N–H and O–H groups in total. The van der Waals surface area contributed by atoms with E-state index in [2.05, 4.69) is 5.32 Å². The van der Waals surface area contributed by atoms with Gasteiger partial charge >= 0.3 is 5.97 Å². The molecule has 104 valence electrons. The molecule has 2 heterocycles. The lowest BCUT2D eigenvalue weighted by Crippen LogP contribution is -2.28. The second kappa shape index (κ2) is 4.94. The van der Waals surface area contributed by atoms with Crippen molar-refractivity contribution in [3.05, 3.63) is 16.0 Å². The zero-order chi connectivity index (χ0) is 14.2. The number of amides is 1. The summed E-state index contributed by atoms with van der Waals surface area (Å²) in [6.07, 6.45) is 0.582. The third-order valence-electron chi connectivity index (χ3n) is 2.94. The molecule has 0 saturated heterocycles. The van der Waals surface area contributed by atoms with Crippen LogP contribution in [0.25, 0.3) is 0 Å². The number of ether oxygens (including phenoxy) is 1. The number of aromatic carboxylic acids is 1. The molecule has 2 rings (SSSR count). The monoisotopic (exact) mass is 283 g/mol. The maximum Gasteiger partial charge on any atom is 0.339 e. The number of thiophene rings is 1. The fourth-order valence-corrected chi connectivity index (χ4v) is 3.01. The lowest BCUT2D eigenvalue weighted by atomic mass is 9.95. The van der Waals surface area contributed by atoms with E-state index < -0.39 is 11.4 Å². The van der Waals surface area contributed by atoms with Crippen LogP contribution < -0.4 is 5.32 Å². The number of nitrogens with one attached hydrogen (secondary N) is 1. The van der Waals surface area contributed by atoms with Crippen molar-refractivity contribution in [1.82, 2.24) is 0 Å². The summed E-state index contributed by atoms with van der Waals surface area (Å²) >= 11 is 1.30. The molecular weight excluding hydrogens is 266 g/mol. The molecule has 1 aliphatic heterocycles. The molecule has 1 amide bonds. The van der Waals surface area contributed by atoms with Gasteiger partial charge in [-0.2, -0.15) is 0 Å². The summed E-state index contributed by atoms with van der Waals surface area (Å²) in [6, 6.07) is 0. The summed E-state index contributed by atoms with van der Waals surface area (Å²) in [7, 11) is 0. The topological polar surface area (TPSA) is 75.6 Å². The third kappa shape index (κ3) is 2.79. The summed E-state index contributed by atoms with van der Waals surface area (Å²) in [5.74, 6) is -1.18. The normalized spacial score (nSPS) is 14.9. The van der Waals surface area contributed by atoms with Gasteiger partial charge in [-0.05, 0) is 12.0 Å². The Balaban J connectivity index is 2.38. The Morgan fingerprint density at radius 2 is 2.05 bits per heavy atom. The zero-order valence-electron chi connectivity index (χ0n) is 11.2. The van der Waals surface area contributed by atoms with E-state index in [1.165, 1.54) is 11.3 Å². The van der Waals surface area contributed by atoms with Crippen LogP contribution in [0.15, 0.2) is 0 Å². The molecule has 0 fully saturated rings. The predicted octanol–water partition coefficient (Wildman–Crippen LogP) is 2.50. The number of carboxylic acids is 1. The SMILES string of the molecule is CC(C)(C)C(=O)Nc1sc2c(c1C(=O)O)CCOC2. The van der Waals surface area contributed by atoms with E-state index in [9.17, 15) is 14.7 Å². The molecule has 19 heavy (non-hydrogen) atoms. The largest absolute Gasteiger partial charge is 0.478 e. The second-order valence-corrected chi connectivity index (χ2v) is 6.62. The molecule has 0 saturated carbocycles. The Morgan fingerprint density at radius 1 is 1.37 bits per heavy atom. The number of hydrogen-bond acceptors (Lipinski definition) is 4. The molecule has 0 radical (unpaired) electrons. The molecular formula is C13H17NO4S. The Morgan fingerprint density at radius 3 is 2.63 bits per heavy atom. The lowest BCUT2D eigenvalue weighted by molar-refractivity contribution is -0.123. The van der Waals surface area contributed by atoms with Crippen LogP contribution in [0.2, 0.25) is 0 Å². The Kier molecular flexibility index (Phi) is 3.64. The predicted molar refractivity (Wildman–Crippen MR) is 72.7 cm³/mol. The van der Waals surface area contributed by atoms with E-state index in [1.54, 1.807) is 20.8 Å². The highest BCUT2D eigenvalue weighted by Gasteiger charge is 2.29. The van der Waals surface area contributed by atoms with Gasteiger partial charge in [-0.25, -0.2) is 4.79 Å². The molecule has 6 heteroatoms. The van der Waals surface area contributed by atoms with Gasteiger partial charge < -0.3 is 15.2 Å². The number of carbonyl (C=O) groups is 2. The van der Waals surface area contributed by atoms with Gasteiger partial charge in [-0.3, -0.25) is 4.79 Å². The molecule has 5 nitrogen and oxygen atoms in total. The van der Waals surface area contributed by atoms with Crippen LogP contribution in [0.5, 0.6) is 0 Å². The van der Waals surface area contributed by atoms with Gasteiger partial charge in [0.2, 0.25) is 5.91 Å². The van der Waals surface area contributed by atoms with Gasteiger partial charge in [0.15, 0.2) is 0 Å². The number of fused-ring (bicyclic) bond motifs is 1. The minimum Gasteiger partial charge on any atom is -0.478 e. The van der Waals surface area contributed by atoms with E-state index in [0.717, 1.165) is 10.4 Å². The maximum absolute atomic E-state index is 12.0. The van der Waals surface area contributed by atoms with Crippen molar-refractivity contribution in [2.45, 2.75) is 33.8 Å². The summed E-state index contributed by atoms with van der Waals surface area (Å²) < 4.78 is 5.32. The smallest absolute Gasteiger partial charge is 0.339 e. The molecule has 0 unspecified atom stereocenters. The van der Waals surface area contributed by atoms with E-state index in [1.807, 2.05) is 0 Å². The van der Waals surface area contributed by atoms with Crippen molar-refractivity contribution >= 4 is 28.2 Å². The molecule has 1 aliphatic rings. The highest BCUT2D eigenvalue weighted by Crippen LogP contribution is 2.37. The van der Waals surface area contributed by atoms with Crippen LogP contribution >= 0.6 is 11.3 Å². The van der Waals surface area contributed by atoms with E-state index in [4.69, 9.17) is 4.74 Å². The molecule has 0 atom stereocenters. The van der Waals surface area contributed by atoms with Gasteiger partial charge in [-0.15, -0.1) is 11.3 Å². The molecule has 0 aliphatic carbocycles. The first-order chi connectivity index (χ1) is 8.80. The highest BCUT2D eigenvalue weighted by atomic mass is 32.1. The van der Waals surface area contributed by atoms with Crippen LogP contribution in [0, 0.1) is 5.41 Å². The van der Waals surface area contributed by atoms with Gasteiger partial charge in [0.25, 0.3) is 0 Å². The van der Waals surface area contributed by atoms with Crippen molar-refractivity contribution in [3.8, 4) is 0 Å². The van der Waals surface area contributed by atoms with Crippen molar-refractivity contribution in [2.75, 3.05) is 11.9 Å². The van der Waals surface area contributed by atoms with Crippen LogP contribution in [0.3, 0.4) is 0 Å². The van der Waals surface area contributed by atoms with Crippen LogP contribution in [-0.4, -0.2) is 23.6 Å². The molecule has 1 aromatic heterocycles. The molecule has 0 spiro atoms. The molecule has 0 bridgehead atoms. The molecule has 1 aromatic rings. The average Bonchev–Trinajstić information content (AvgIpc) is 2.65. The van der Waals surface area contributed by atoms with Crippen LogP contribution in [-0.2, 0) is 22.6 Å². The minimum atomic E-state index is -0.997. The number of rotatable bonds is 2. The Labute approximate surface area is 115 Å². The van der Waals surface area contributed by atoms with E-state index >= 15 is 0 Å². The van der Waals surface area contributed by atoms with Crippen LogP contribution in [0.1, 0.15) is 41.6 Å². The highest BCUT2D eigenvalue weighted by molar-refractivity contribution is 7.17. The van der Waals surface area contributed by atoms with Gasteiger partial charge in [-0.1, -0.05) is 20.8 Å². The van der Waals surface area contributed by atoms with Crippen LogP contribution in [0.4, 0.5) is 5.00 Å². The number of carbonyl (C=O) groups excluding carboxylic acids is 1. The lowest BCUT2D eigenvalue weighted by Gasteiger charge is -2.17. The van der Waals surface area contributed by atoms with Crippen molar-refractivity contribution in [2.24, 2.45) is 5.41 Å². The average molecular weight is 283 g/mol. The first-order valence-corrected chi connectivity index (χ1v) is 6.89. The van der Waals surface area contributed by atoms with E-state index in [0.29, 0.717) is 24.6 Å². The fourth-order valence-electron chi connectivity index (χ4n) is 1.84. The fraction of sp³-hybridized carbons (Fsp3) is 0.538. The van der Waals surface area contributed by atoms with Crippen molar-refractivity contribution in [1.29, 1.82) is 0 Å². The van der Waals surface area contributed by atoms with Crippen molar-refractivity contribution in [3.63, 3.8) is 0 Å². The maximum atomic E-state index is 12.0. The number of hydrogen-bond donors (Lipinski definition) is 2. The third-order valence-corrected chi connectivity index (χ3v) is 4.06. The first kappa shape index (κ1) is 14.0. The quantitative estimate of drug-likeness (QED) is 0.874. The number of carboxylic acid groups (broad SMARTS) is 1. The standard InChI is InChI=1S/C13H17NO4S/c1-13(2,3)12(17)14-10-9(11(15)16)7-4-5-18-6-8(7)19-10/h4-6H2,1-3H3,(H,14,17)(H,15,16). The van der Waals surface area contributed by atoms with Gasteiger partial charge in [0.05, 0.1) is 18.8 Å². The Hall–Kier alpha value is -1.40. The van der Waals surface area contributed by atoms with Gasteiger partial charge in [0, 0.05) is 10.3 Å². The minimum absolute atomic E-state index is 0.186. The van der Waals surface area contributed by atoms with Gasteiger partial charge in [0.1, 0.15) is 5.00 Å². The summed E-state index contributed by atoms with van der Waals surface area (Å²) in [4.78, 5) is 24.3. The summed E-state index contributed by atoms with van der Waals surface area (Å²) in [5.41, 5.74) is 0.463. The molecule has 0 aromatic carbocycles. The summed E-state index contributed by atoms with van der Waals surface area (Å²) in [6.45, 7) is 6.32. The number of anilines is 1. The Bertz CT molecular complexity index is 527.